The van der Waals surface area contributed by atoms with Crippen molar-refractivity contribution in [2.24, 2.45) is 0 Å². The molecule has 0 saturated heterocycles. The van der Waals surface area contributed by atoms with Crippen LogP contribution >= 0.6 is 0 Å². The molecule has 0 spiro atoms. The van der Waals surface area contributed by atoms with Gasteiger partial charge in [-0.2, -0.15) is 0 Å². The lowest BCUT2D eigenvalue weighted by Crippen LogP contribution is -1.82. The maximum atomic E-state index is 4.32. The van der Waals surface area contributed by atoms with Crippen molar-refractivity contribution in [3.63, 3.8) is 0 Å². The Hall–Kier alpha value is -1.90. The first kappa shape index (κ1) is 6.60. The van der Waals surface area contributed by atoms with E-state index in [0.29, 0.717) is 0 Å². The van der Waals surface area contributed by atoms with E-state index in [9.17, 15) is 0 Å². The van der Waals surface area contributed by atoms with E-state index in [1.165, 1.54) is 0 Å². The number of hydrogen-bond donors (Lipinski definition) is 0. The van der Waals surface area contributed by atoms with Crippen LogP contribution in [0.5, 0.6) is 0 Å². The zero-order valence-electron chi connectivity index (χ0n) is 6.88. The molecule has 0 aliphatic heterocycles. The monoisotopic (exact) mass is 169 g/mol. The van der Waals surface area contributed by atoms with E-state index in [1.807, 2.05) is 41.0 Å². The number of pyridine rings is 2. The summed E-state index contributed by atoms with van der Waals surface area (Å²) in [5.74, 6) is 0. The minimum atomic E-state index is 0.800. The minimum Gasteiger partial charge on any atom is -0.238 e. The molecule has 3 aromatic rings. The van der Waals surface area contributed by atoms with Crippen molar-refractivity contribution < 1.29 is 0 Å². The van der Waals surface area contributed by atoms with Crippen LogP contribution in [0.3, 0.4) is 0 Å². The molecule has 0 unspecified atom stereocenters. The maximum absolute atomic E-state index is 4.32. The molecule has 0 aromatic carbocycles. The molecule has 0 aliphatic carbocycles. The number of rotatable bonds is 0. The van der Waals surface area contributed by atoms with Crippen molar-refractivity contribution in [1.82, 2.24) is 14.6 Å². The fraction of sp³-hybridized carbons (Fsp3) is 0. The van der Waals surface area contributed by atoms with Crippen molar-refractivity contribution in [1.29, 1.82) is 0 Å². The average Bonchev–Trinajstić information content (AvgIpc) is 2.56. The van der Waals surface area contributed by atoms with Gasteiger partial charge in [-0.15, -0.1) is 5.10 Å². The van der Waals surface area contributed by atoms with E-state index in [0.717, 1.165) is 16.6 Å². The highest BCUT2D eigenvalue weighted by atomic mass is 15.2. The Labute approximate surface area is 74.6 Å². The molecule has 0 atom stereocenters. The van der Waals surface area contributed by atoms with Crippen LogP contribution in [-0.2, 0) is 0 Å². The molecule has 3 rings (SSSR count). The Morgan fingerprint density at radius 1 is 1.08 bits per heavy atom. The number of nitrogens with zero attached hydrogens (tertiary/aromatic N) is 3. The molecule has 3 heterocycles. The summed E-state index contributed by atoms with van der Waals surface area (Å²) in [7, 11) is 0. The van der Waals surface area contributed by atoms with Gasteiger partial charge in [0.2, 0.25) is 0 Å². The molecule has 3 aromatic heterocycles. The number of aromatic nitrogens is 3. The molecule has 3 nitrogen and oxygen atoms in total. The highest BCUT2D eigenvalue weighted by molar-refractivity contribution is 5.91. The van der Waals surface area contributed by atoms with Gasteiger partial charge in [0, 0.05) is 17.8 Å². The van der Waals surface area contributed by atoms with E-state index in [1.54, 1.807) is 6.20 Å². The van der Waals surface area contributed by atoms with Gasteiger partial charge in [-0.25, -0.2) is 9.50 Å². The molecule has 3 heteroatoms. The second kappa shape index (κ2) is 2.29. The lowest BCUT2D eigenvalue weighted by molar-refractivity contribution is 0.971. The molecule has 62 valence electrons. The fourth-order valence-electron chi connectivity index (χ4n) is 1.51. The van der Waals surface area contributed by atoms with Gasteiger partial charge < -0.3 is 0 Å². The van der Waals surface area contributed by atoms with Crippen LogP contribution in [0.4, 0.5) is 0 Å². The van der Waals surface area contributed by atoms with Crippen LogP contribution in [0, 0.1) is 0 Å². The van der Waals surface area contributed by atoms with E-state index in [-0.39, 0.29) is 0 Å². The molecule has 0 bridgehead atoms. The predicted octanol–water partition coefficient (Wildman–Crippen LogP) is 1.88. The minimum absolute atomic E-state index is 0.800. The quantitative estimate of drug-likeness (QED) is 0.514. The van der Waals surface area contributed by atoms with Crippen molar-refractivity contribution >= 4 is 16.6 Å². The SMILES string of the molecule is c1cnc2nn3ccccc3c2c1. The van der Waals surface area contributed by atoms with E-state index < -0.39 is 0 Å². The van der Waals surface area contributed by atoms with Gasteiger partial charge >= 0.3 is 0 Å². The summed E-state index contributed by atoms with van der Waals surface area (Å²) in [5, 5.41) is 5.42. The first-order valence-corrected chi connectivity index (χ1v) is 4.13. The van der Waals surface area contributed by atoms with E-state index in [2.05, 4.69) is 10.1 Å². The first-order valence-electron chi connectivity index (χ1n) is 4.13. The van der Waals surface area contributed by atoms with Gasteiger partial charge in [-0.1, -0.05) is 6.07 Å². The lowest BCUT2D eigenvalue weighted by Gasteiger charge is -1.88. The summed E-state index contributed by atoms with van der Waals surface area (Å²) in [6, 6.07) is 9.96. The smallest absolute Gasteiger partial charge is 0.182 e. The highest BCUT2D eigenvalue weighted by Crippen LogP contribution is 2.15. The van der Waals surface area contributed by atoms with Crippen molar-refractivity contribution in [2.75, 3.05) is 0 Å². The van der Waals surface area contributed by atoms with Crippen LogP contribution < -0.4 is 0 Å². The summed E-state index contributed by atoms with van der Waals surface area (Å²) in [6.45, 7) is 0. The summed E-state index contributed by atoms with van der Waals surface area (Å²) in [4.78, 5) is 4.19. The summed E-state index contributed by atoms with van der Waals surface area (Å²) in [5.41, 5.74) is 1.90. The Morgan fingerprint density at radius 3 is 3.08 bits per heavy atom. The third-order valence-electron chi connectivity index (χ3n) is 2.10. The van der Waals surface area contributed by atoms with Gasteiger partial charge in [0.1, 0.15) is 0 Å². The van der Waals surface area contributed by atoms with Crippen molar-refractivity contribution in [3.8, 4) is 0 Å². The van der Waals surface area contributed by atoms with Gasteiger partial charge in [0.25, 0.3) is 0 Å². The molecule has 0 amide bonds. The van der Waals surface area contributed by atoms with Crippen molar-refractivity contribution in [2.45, 2.75) is 0 Å². The molecule has 0 fully saturated rings. The Morgan fingerprint density at radius 2 is 2.08 bits per heavy atom. The number of fused-ring (bicyclic) bond motifs is 3. The van der Waals surface area contributed by atoms with Gasteiger partial charge in [0.15, 0.2) is 5.65 Å². The third kappa shape index (κ3) is 0.839. The standard InChI is InChI=1S/C10H7N3/c1-2-7-13-9(5-1)8-4-3-6-11-10(8)12-13/h1-7H. The fourth-order valence-corrected chi connectivity index (χ4v) is 1.51. The van der Waals surface area contributed by atoms with Crippen LogP contribution in [0.15, 0.2) is 42.7 Å². The molecular weight excluding hydrogens is 162 g/mol. The molecular formula is C10H7N3. The summed E-state index contributed by atoms with van der Waals surface area (Å²) >= 11 is 0. The molecule has 0 radical (unpaired) electrons. The summed E-state index contributed by atoms with van der Waals surface area (Å²) in [6.07, 6.45) is 3.69. The van der Waals surface area contributed by atoms with Gasteiger partial charge in [-0.05, 0) is 24.3 Å². The first-order chi connectivity index (χ1) is 6.45. The zero-order chi connectivity index (χ0) is 8.67. The molecule has 13 heavy (non-hydrogen) atoms. The Kier molecular flexibility index (Phi) is 1.16. The van der Waals surface area contributed by atoms with Gasteiger partial charge in [0.05, 0.1) is 5.52 Å². The molecule has 0 saturated carbocycles. The predicted molar refractivity (Wildman–Crippen MR) is 50.5 cm³/mol. The van der Waals surface area contributed by atoms with Crippen LogP contribution in [0.2, 0.25) is 0 Å². The van der Waals surface area contributed by atoms with E-state index >= 15 is 0 Å². The van der Waals surface area contributed by atoms with Gasteiger partial charge in [-0.3, -0.25) is 0 Å². The topological polar surface area (TPSA) is 30.2 Å². The zero-order valence-corrected chi connectivity index (χ0v) is 6.88. The normalized spacial score (nSPS) is 11.1. The third-order valence-corrected chi connectivity index (χ3v) is 2.10. The average molecular weight is 169 g/mol. The second-order valence-corrected chi connectivity index (χ2v) is 2.91. The van der Waals surface area contributed by atoms with Crippen LogP contribution in [0.1, 0.15) is 0 Å². The number of hydrogen-bond acceptors (Lipinski definition) is 2. The van der Waals surface area contributed by atoms with Crippen LogP contribution in [-0.4, -0.2) is 14.6 Å². The lowest BCUT2D eigenvalue weighted by atomic mass is 10.3. The summed E-state index contributed by atoms with van der Waals surface area (Å²) < 4.78 is 1.84. The maximum Gasteiger partial charge on any atom is 0.182 e. The Bertz CT molecular complexity index is 518. The van der Waals surface area contributed by atoms with Crippen molar-refractivity contribution in [3.05, 3.63) is 42.7 Å². The highest BCUT2D eigenvalue weighted by Gasteiger charge is 2.02. The Balaban J connectivity index is 2.64. The molecule has 0 aliphatic rings. The second-order valence-electron chi connectivity index (χ2n) is 2.91. The van der Waals surface area contributed by atoms with E-state index in [4.69, 9.17) is 0 Å². The largest absolute Gasteiger partial charge is 0.238 e. The molecule has 0 N–H and O–H groups in total. The van der Waals surface area contributed by atoms with Crippen LogP contribution in [0.25, 0.3) is 16.6 Å².